The zero-order valence-corrected chi connectivity index (χ0v) is 16.1. The molecule has 8 heteroatoms. The van der Waals surface area contributed by atoms with Crippen molar-refractivity contribution in [1.29, 1.82) is 0 Å². The lowest BCUT2D eigenvalue weighted by Crippen LogP contribution is -2.38. The van der Waals surface area contributed by atoms with Crippen LogP contribution in [0.15, 0.2) is 29.2 Å². The molecule has 1 aromatic rings. The highest BCUT2D eigenvalue weighted by molar-refractivity contribution is 7.89. The van der Waals surface area contributed by atoms with Gasteiger partial charge in [0.05, 0.1) is 11.0 Å². The number of nitrogens with one attached hydrogen (secondary N) is 2. The molecular weight excluding hydrogens is 371 g/mol. The van der Waals surface area contributed by atoms with Crippen LogP contribution in [0.2, 0.25) is 0 Å². The molecule has 1 aliphatic carbocycles. The molecule has 150 valence electrons. The number of carbonyl (C=O) groups excluding carboxylic acids is 1. The van der Waals surface area contributed by atoms with E-state index in [9.17, 15) is 17.6 Å². The van der Waals surface area contributed by atoms with Gasteiger partial charge in [-0.25, -0.2) is 17.5 Å². The highest BCUT2D eigenvalue weighted by atomic mass is 32.2. The van der Waals surface area contributed by atoms with Crippen molar-refractivity contribution >= 4 is 15.9 Å². The largest absolute Gasteiger partial charge is 0.376 e. The van der Waals surface area contributed by atoms with E-state index in [0.29, 0.717) is 13.1 Å². The fourth-order valence-corrected chi connectivity index (χ4v) is 4.83. The van der Waals surface area contributed by atoms with Crippen LogP contribution in [0.5, 0.6) is 0 Å². The molecular formula is C19H27FN2O4S. The third-order valence-electron chi connectivity index (χ3n) is 5.43. The van der Waals surface area contributed by atoms with Crippen LogP contribution in [0.3, 0.4) is 0 Å². The first-order valence-corrected chi connectivity index (χ1v) is 11.1. The normalized spacial score (nSPS) is 26.0. The van der Waals surface area contributed by atoms with E-state index in [4.69, 9.17) is 4.74 Å². The maximum atomic E-state index is 12.9. The fourth-order valence-electron chi connectivity index (χ4n) is 3.72. The van der Waals surface area contributed by atoms with Gasteiger partial charge in [-0.15, -0.1) is 0 Å². The summed E-state index contributed by atoms with van der Waals surface area (Å²) in [5.41, 5.74) is 0. The van der Waals surface area contributed by atoms with Crippen LogP contribution in [0.4, 0.5) is 4.39 Å². The minimum Gasteiger partial charge on any atom is -0.376 e. The molecule has 0 radical (unpaired) electrons. The maximum absolute atomic E-state index is 12.9. The van der Waals surface area contributed by atoms with Crippen molar-refractivity contribution in [3.63, 3.8) is 0 Å². The number of carbonyl (C=O) groups is 1. The van der Waals surface area contributed by atoms with Crippen LogP contribution in [0, 0.1) is 17.7 Å². The minimum atomic E-state index is -3.63. The van der Waals surface area contributed by atoms with E-state index >= 15 is 0 Å². The molecule has 1 atom stereocenters. The molecule has 1 saturated carbocycles. The van der Waals surface area contributed by atoms with Gasteiger partial charge in [0.2, 0.25) is 15.9 Å². The van der Waals surface area contributed by atoms with Crippen molar-refractivity contribution in [3.8, 4) is 0 Å². The average molecular weight is 399 g/mol. The van der Waals surface area contributed by atoms with Gasteiger partial charge in [0.25, 0.3) is 0 Å². The van der Waals surface area contributed by atoms with Crippen molar-refractivity contribution in [2.24, 2.45) is 11.8 Å². The summed E-state index contributed by atoms with van der Waals surface area (Å²) in [6, 6.07) is 4.78. The SMILES string of the molecule is O=C(NC[C@@H]1CCCO1)C1CCC(CNS(=O)(=O)c2ccc(F)cc2)CC1. The molecule has 6 nitrogen and oxygen atoms in total. The van der Waals surface area contributed by atoms with Crippen molar-refractivity contribution in [1.82, 2.24) is 10.0 Å². The van der Waals surface area contributed by atoms with E-state index in [-0.39, 0.29) is 28.7 Å². The zero-order chi connectivity index (χ0) is 19.3. The molecule has 2 aliphatic rings. The van der Waals surface area contributed by atoms with E-state index in [1.54, 1.807) is 0 Å². The van der Waals surface area contributed by atoms with Crippen LogP contribution in [0.25, 0.3) is 0 Å². The standard InChI is InChI=1S/C19H27FN2O4S/c20-16-7-9-18(10-8-16)27(24,25)22-12-14-3-5-15(6-4-14)19(23)21-13-17-2-1-11-26-17/h7-10,14-15,17,22H,1-6,11-13H2,(H,21,23)/t14?,15?,17-/m0/s1. The molecule has 1 aliphatic heterocycles. The third-order valence-corrected chi connectivity index (χ3v) is 6.87. The molecule has 0 aromatic heterocycles. The van der Waals surface area contributed by atoms with Crippen molar-refractivity contribution < 1.29 is 22.3 Å². The predicted molar refractivity (Wildman–Crippen MR) is 99.0 cm³/mol. The Balaban J connectivity index is 1.40. The highest BCUT2D eigenvalue weighted by Crippen LogP contribution is 2.29. The number of hydrogen-bond donors (Lipinski definition) is 2. The lowest BCUT2D eigenvalue weighted by atomic mass is 9.81. The van der Waals surface area contributed by atoms with Gasteiger partial charge >= 0.3 is 0 Å². The van der Waals surface area contributed by atoms with Crippen LogP contribution in [0.1, 0.15) is 38.5 Å². The van der Waals surface area contributed by atoms with Gasteiger partial charge in [0.1, 0.15) is 5.82 Å². The Morgan fingerprint density at radius 3 is 2.41 bits per heavy atom. The molecule has 1 aromatic carbocycles. The molecule has 0 bridgehead atoms. The second-order valence-corrected chi connectivity index (χ2v) is 9.17. The summed E-state index contributed by atoms with van der Waals surface area (Å²) in [5.74, 6) is -0.181. The first kappa shape index (κ1) is 20.2. The molecule has 1 amide bonds. The number of amides is 1. The topological polar surface area (TPSA) is 84.5 Å². The van der Waals surface area contributed by atoms with Gasteiger partial charge < -0.3 is 10.1 Å². The van der Waals surface area contributed by atoms with Gasteiger partial charge in [0, 0.05) is 25.6 Å². The Morgan fingerprint density at radius 2 is 1.78 bits per heavy atom. The summed E-state index contributed by atoms with van der Waals surface area (Å²) in [4.78, 5) is 12.3. The zero-order valence-electron chi connectivity index (χ0n) is 15.3. The van der Waals surface area contributed by atoms with E-state index < -0.39 is 15.8 Å². The lowest BCUT2D eigenvalue weighted by molar-refractivity contribution is -0.126. The Kier molecular flexibility index (Phi) is 6.83. The maximum Gasteiger partial charge on any atom is 0.240 e. The molecule has 0 unspecified atom stereocenters. The molecule has 1 heterocycles. The Hall–Kier alpha value is -1.51. The summed E-state index contributed by atoms with van der Waals surface area (Å²) >= 11 is 0. The van der Waals surface area contributed by atoms with E-state index in [0.717, 1.165) is 57.3 Å². The lowest BCUT2D eigenvalue weighted by Gasteiger charge is -2.28. The number of ether oxygens (including phenoxy) is 1. The first-order chi connectivity index (χ1) is 12.9. The second kappa shape index (κ2) is 9.12. The van der Waals surface area contributed by atoms with Crippen LogP contribution < -0.4 is 10.0 Å². The quantitative estimate of drug-likeness (QED) is 0.738. The molecule has 3 rings (SSSR count). The van der Waals surface area contributed by atoms with Gasteiger partial charge in [-0.3, -0.25) is 4.79 Å². The summed E-state index contributed by atoms with van der Waals surface area (Å²) in [5, 5.41) is 2.99. The Bertz CT molecular complexity index is 725. The van der Waals surface area contributed by atoms with E-state index in [2.05, 4.69) is 10.0 Å². The first-order valence-electron chi connectivity index (χ1n) is 9.58. The molecule has 27 heavy (non-hydrogen) atoms. The summed E-state index contributed by atoms with van der Waals surface area (Å²) < 4.78 is 45.6. The third kappa shape index (κ3) is 5.73. The summed E-state index contributed by atoms with van der Waals surface area (Å²) in [7, 11) is -3.63. The average Bonchev–Trinajstić information content (AvgIpc) is 3.19. The van der Waals surface area contributed by atoms with Crippen LogP contribution >= 0.6 is 0 Å². The summed E-state index contributed by atoms with van der Waals surface area (Å²) in [6.07, 6.45) is 5.35. The molecule has 0 spiro atoms. The number of halogens is 1. The Labute approximate surface area is 159 Å². The van der Waals surface area contributed by atoms with Gasteiger partial charge in [-0.05, 0) is 68.7 Å². The predicted octanol–water partition coefficient (Wildman–Crippen LogP) is 2.21. The Morgan fingerprint density at radius 1 is 1.07 bits per heavy atom. The summed E-state index contributed by atoms with van der Waals surface area (Å²) in [6.45, 7) is 1.69. The van der Waals surface area contributed by atoms with Crippen molar-refractivity contribution in [2.45, 2.75) is 49.5 Å². The van der Waals surface area contributed by atoms with Crippen LogP contribution in [-0.4, -0.2) is 40.1 Å². The molecule has 2 N–H and O–H groups in total. The second-order valence-electron chi connectivity index (χ2n) is 7.40. The van der Waals surface area contributed by atoms with Crippen LogP contribution in [-0.2, 0) is 19.6 Å². The fraction of sp³-hybridized carbons (Fsp3) is 0.632. The highest BCUT2D eigenvalue weighted by Gasteiger charge is 2.28. The van der Waals surface area contributed by atoms with E-state index in [1.807, 2.05) is 0 Å². The number of hydrogen-bond acceptors (Lipinski definition) is 4. The monoisotopic (exact) mass is 398 g/mol. The molecule has 2 fully saturated rings. The number of rotatable bonds is 7. The van der Waals surface area contributed by atoms with Gasteiger partial charge in [-0.1, -0.05) is 0 Å². The number of sulfonamides is 1. The van der Waals surface area contributed by atoms with Crippen molar-refractivity contribution in [2.75, 3.05) is 19.7 Å². The van der Waals surface area contributed by atoms with Gasteiger partial charge in [0.15, 0.2) is 0 Å². The molecule has 1 saturated heterocycles. The smallest absolute Gasteiger partial charge is 0.240 e. The van der Waals surface area contributed by atoms with E-state index in [1.165, 1.54) is 12.1 Å². The van der Waals surface area contributed by atoms with Gasteiger partial charge in [-0.2, -0.15) is 0 Å². The minimum absolute atomic E-state index is 0.00337. The van der Waals surface area contributed by atoms with Crippen molar-refractivity contribution in [3.05, 3.63) is 30.1 Å². The number of benzene rings is 1.